The number of urea groups is 1. The summed E-state index contributed by atoms with van der Waals surface area (Å²) in [5.74, 6) is -0.545. The van der Waals surface area contributed by atoms with Crippen molar-refractivity contribution >= 4 is 23.4 Å². The lowest BCUT2D eigenvalue weighted by molar-refractivity contribution is -0.384. The number of hydrogen-bond donors (Lipinski definition) is 3. The van der Waals surface area contributed by atoms with Gasteiger partial charge in [-0.3, -0.25) is 10.1 Å². The molecular weight excluding hydrogens is 400 g/mol. The average molecular weight is 424 g/mol. The Morgan fingerprint density at radius 1 is 1.23 bits per heavy atom. The van der Waals surface area contributed by atoms with E-state index < -0.39 is 23.0 Å². The Hall–Kier alpha value is -3.88. The predicted molar refractivity (Wildman–Crippen MR) is 116 cm³/mol. The van der Waals surface area contributed by atoms with Crippen molar-refractivity contribution in [3.63, 3.8) is 0 Å². The van der Waals surface area contributed by atoms with Gasteiger partial charge in [-0.05, 0) is 38.0 Å². The van der Waals surface area contributed by atoms with E-state index in [0.29, 0.717) is 11.4 Å². The molecule has 0 saturated heterocycles. The van der Waals surface area contributed by atoms with Crippen LogP contribution in [0.5, 0.6) is 0 Å². The molecule has 0 aromatic heterocycles. The minimum atomic E-state index is -0.686. The topological polar surface area (TPSA) is 123 Å². The zero-order valence-electron chi connectivity index (χ0n) is 17.5. The molecule has 2 aromatic rings. The van der Waals surface area contributed by atoms with Gasteiger partial charge >= 0.3 is 12.0 Å². The number of nitro groups is 1. The van der Waals surface area contributed by atoms with Gasteiger partial charge in [-0.25, -0.2) is 9.59 Å². The number of carbonyl (C=O) groups excluding carboxylic acids is 2. The van der Waals surface area contributed by atoms with Crippen LogP contribution in [-0.4, -0.2) is 30.1 Å². The molecule has 2 aromatic carbocycles. The molecule has 1 heterocycles. The number of nitro benzene ring substituents is 1. The van der Waals surface area contributed by atoms with Crippen LogP contribution in [0.1, 0.15) is 29.7 Å². The number of anilines is 1. The van der Waals surface area contributed by atoms with E-state index in [1.807, 2.05) is 32.0 Å². The Kier molecular flexibility index (Phi) is 6.54. The lowest BCUT2D eigenvalue weighted by Gasteiger charge is -2.30. The normalized spacial score (nSPS) is 15.7. The zero-order chi connectivity index (χ0) is 22.5. The van der Waals surface area contributed by atoms with Crippen LogP contribution < -0.4 is 16.0 Å². The molecule has 31 heavy (non-hydrogen) atoms. The minimum absolute atomic E-state index is 0.0628. The van der Waals surface area contributed by atoms with Gasteiger partial charge in [0.05, 0.1) is 35.4 Å². The highest BCUT2D eigenvalue weighted by molar-refractivity contribution is 5.95. The van der Waals surface area contributed by atoms with E-state index in [1.165, 1.54) is 12.1 Å². The molecule has 162 valence electrons. The molecule has 0 bridgehead atoms. The van der Waals surface area contributed by atoms with Gasteiger partial charge in [-0.2, -0.15) is 0 Å². The molecule has 0 aliphatic carbocycles. The largest absolute Gasteiger partial charge is 0.463 e. The van der Waals surface area contributed by atoms with Crippen LogP contribution in [0.15, 0.2) is 53.7 Å². The van der Waals surface area contributed by atoms with Crippen molar-refractivity contribution < 1.29 is 19.2 Å². The maximum atomic E-state index is 12.9. The van der Waals surface area contributed by atoms with E-state index >= 15 is 0 Å². The van der Waals surface area contributed by atoms with E-state index in [0.717, 1.165) is 16.7 Å². The predicted octanol–water partition coefficient (Wildman–Crippen LogP) is 3.49. The molecule has 0 saturated carbocycles. The molecule has 1 atom stereocenters. The van der Waals surface area contributed by atoms with Crippen LogP contribution in [0.4, 0.5) is 16.2 Å². The van der Waals surface area contributed by atoms with Crippen molar-refractivity contribution in [2.75, 3.05) is 18.5 Å². The number of nitrogens with one attached hydrogen (secondary N) is 3. The summed E-state index contributed by atoms with van der Waals surface area (Å²) in [7, 11) is 0. The highest BCUT2D eigenvalue weighted by Crippen LogP contribution is 2.31. The van der Waals surface area contributed by atoms with Gasteiger partial charge in [0.1, 0.15) is 0 Å². The fraction of sp³-hybridized carbons (Fsp3) is 0.273. The Morgan fingerprint density at radius 3 is 2.71 bits per heavy atom. The number of amides is 2. The first-order chi connectivity index (χ1) is 14.8. The lowest BCUT2D eigenvalue weighted by atomic mass is 9.91. The van der Waals surface area contributed by atoms with E-state index in [4.69, 9.17) is 4.74 Å². The molecular formula is C22H24N4O5. The Morgan fingerprint density at radius 2 is 2.00 bits per heavy atom. The highest BCUT2D eigenvalue weighted by atomic mass is 16.6. The number of aryl methyl sites for hydroxylation is 2. The smallest absolute Gasteiger partial charge is 0.338 e. The summed E-state index contributed by atoms with van der Waals surface area (Å²) in [6.07, 6.45) is 0. The fourth-order valence-corrected chi connectivity index (χ4v) is 3.43. The first-order valence-electron chi connectivity index (χ1n) is 9.83. The molecule has 0 spiro atoms. The van der Waals surface area contributed by atoms with Crippen molar-refractivity contribution in [2.24, 2.45) is 0 Å². The van der Waals surface area contributed by atoms with E-state index in [-0.39, 0.29) is 24.4 Å². The van der Waals surface area contributed by atoms with Crippen molar-refractivity contribution in [1.82, 2.24) is 10.6 Å². The van der Waals surface area contributed by atoms with Crippen molar-refractivity contribution in [3.8, 4) is 0 Å². The molecule has 0 radical (unpaired) electrons. The maximum Gasteiger partial charge on any atom is 0.338 e. The summed E-state index contributed by atoms with van der Waals surface area (Å²) in [5.41, 5.74) is 3.77. The average Bonchev–Trinajstić information content (AvgIpc) is 2.73. The first kappa shape index (κ1) is 21.8. The Labute approximate surface area is 179 Å². The number of rotatable bonds is 7. The molecule has 3 N–H and O–H groups in total. The summed E-state index contributed by atoms with van der Waals surface area (Å²) in [5, 5.41) is 19.6. The molecule has 9 heteroatoms. The molecule has 3 rings (SSSR count). The summed E-state index contributed by atoms with van der Waals surface area (Å²) < 4.78 is 5.27. The van der Waals surface area contributed by atoms with Crippen molar-refractivity contribution in [1.29, 1.82) is 0 Å². The SMILES string of the molecule is CCOC(=O)C1=C(CNc2cccc([N+](=O)[O-])c2)NC(=O)N[C@H]1c1cc(C)ccc1C. The molecule has 0 unspecified atom stereocenters. The zero-order valence-corrected chi connectivity index (χ0v) is 17.5. The summed E-state index contributed by atoms with van der Waals surface area (Å²) in [6.45, 7) is 5.81. The Balaban J connectivity index is 2.00. The van der Waals surface area contributed by atoms with Crippen LogP contribution in [0.3, 0.4) is 0 Å². The van der Waals surface area contributed by atoms with Gasteiger partial charge in [0, 0.05) is 17.8 Å². The Bertz CT molecular complexity index is 1060. The molecule has 2 amide bonds. The van der Waals surface area contributed by atoms with Crippen LogP contribution in [0.2, 0.25) is 0 Å². The third kappa shape index (κ3) is 5.00. The third-order valence-electron chi connectivity index (χ3n) is 4.92. The standard InChI is InChI=1S/C22H24N4O5/c1-4-31-21(27)19-18(12-23-15-6-5-7-16(11-15)26(29)30)24-22(28)25-20(19)17-10-13(2)8-9-14(17)3/h5-11,20,23H,4,12H2,1-3H3,(H2,24,25,28)/t20-/m0/s1. The molecule has 1 aliphatic heterocycles. The van der Waals surface area contributed by atoms with Gasteiger partial charge in [0.2, 0.25) is 0 Å². The quantitative estimate of drug-likeness (QED) is 0.355. The van der Waals surface area contributed by atoms with E-state index in [1.54, 1.807) is 19.1 Å². The van der Waals surface area contributed by atoms with E-state index in [2.05, 4.69) is 16.0 Å². The highest BCUT2D eigenvalue weighted by Gasteiger charge is 2.34. The second kappa shape index (κ2) is 9.29. The summed E-state index contributed by atoms with van der Waals surface area (Å²) in [4.78, 5) is 35.8. The number of benzene rings is 2. The van der Waals surface area contributed by atoms with Gasteiger partial charge in [0.15, 0.2) is 0 Å². The van der Waals surface area contributed by atoms with Gasteiger partial charge < -0.3 is 20.7 Å². The number of esters is 1. The molecule has 9 nitrogen and oxygen atoms in total. The minimum Gasteiger partial charge on any atom is -0.463 e. The number of hydrogen-bond acceptors (Lipinski definition) is 6. The number of non-ortho nitro benzene ring substituents is 1. The lowest BCUT2D eigenvalue weighted by Crippen LogP contribution is -2.47. The second-order valence-electron chi connectivity index (χ2n) is 7.17. The first-order valence-corrected chi connectivity index (χ1v) is 9.83. The number of ether oxygens (including phenoxy) is 1. The second-order valence-corrected chi connectivity index (χ2v) is 7.17. The van der Waals surface area contributed by atoms with Crippen LogP contribution in [0, 0.1) is 24.0 Å². The van der Waals surface area contributed by atoms with Gasteiger partial charge in [-0.1, -0.05) is 29.8 Å². The van der Waals surface area contributed by atoms with Crippen molar-refractivity contribution in [2.45, 2.75) is 26.8 Å². The van der Waals surface area contributed by atoms with Crippen molar-refractivity contribution in [3.05, 3.63) is 80.5 Å². The van der Waals surface area contributed by atoms with Gasteiger partial charge in [-0.15, -0.1) is 0 Å². The maximum absolute atomic E-state index is 12.9. The van der Waals surface area contributed by atoms with Gasteiger partial charge in [0.25, 0.3) is 5.69 Å². The monoisotopic (exact) mass is 424 g/mol. The van der Waals surface area contributed by atoms with Crippen LogP contribution >= 0.6 is 0 Å². The number of nitrogens with zero attached hydrogens (tertiary/aromatic N) is 1. The molecule has 1 aliphatic rings. The van der Waals surface area contributed by atoms with Crippen LogP contribution in [0.25, 0.3) is 0 Å². The summed E-state index contributed by atoms with van der Waals surface area (Å²) in [6, 6.07) is 10.7. The number of carbonyl (C=O) groups is 2. The molecule has 0 fully saturated rings. The fourth-order valence-electron chi connectivity index (χ4n) is 3.43. The van der Waals surface area contributed by atoms with Crippen LogP contribution in [-0.2, 0) is 9.53 Å². The third-order valence-corrected chi connectivity index (χ3v) is 4.92. The summed E-state index contributed by atoms with van der Waals surface area (Å²) >= 11 is 0. The van der Waals surface area contributed by atoms with E-state index in [9.17, 15) is 19.7 Å².